The lowest BCUT2D eigenvalue weighted by molar-refractivity contribution is -0.286. The number of alkyl halides is 2. The molecular weight excluding hydrogens is 484 g/mol. The van der Waals surface area contributed by atoms with Crippen LogP contribution in [0.2, 0.25) is 0 Å². The highest BCUT2D eigenvalue weighted by Crippen LogP contribution is 2.41. The Morgan fingerprint density at radius 1 is 1.08 bits per heavy atom. The minimum atomic E-state index is -3.67. The molecule has 190 valence electrons. The van der Waals surface area contributed by atoms with Crippen molar-refractivity contribution in [1.82, 2.24) is 20.0 Å². The van der Waals surface area contributed by atoms with E-state index in [4.69, 9.17) is 4.42 Å². The minimum absolute atomic E-state index is 0.0367. The van der Waals surface area contributed by atoms with Crippen LogP contribution in [0.15, 0.2) is 65.5 Å². The largest absolute Gasteiger partial charge is 0.586 e. The Balaban J connectivity index is 1.15. The van der Waals surface area contributed by atoms with E-state index < -0.39 is 6.29 Å². The van der Waals surface area contributed by atoms with Crippen LogP contribution >= 0.6 is 0 Å². The Bertz CT molecular complexity index is 1400. The predicted molar refractivity (Wildman–Crippen MR) is 130 cm³/mol. The number of anilines is 1. The average molecular weight is 507 g/mol. The number of nitrogens with zero attached hydrogens (tertiary/aromatic N) is 5. The van der Waals surface area contributed by atoms with Crippen LogP contribution < -0.4 is 14.4 Å². The van der Waals surface area contributed by atoms with Gasteiger partial charge >= 0.3 is 6.29 Å². The fourth-order valence-corrected chi connectivity index (χ4v) is 3.83. The van der Waals surface area contributed by atoms with Gasteiger partial charge in [-0.2, -0.15) is 0 Å². The molecule has 0 spiro atoms. The van der Waals surface area contributed by atoms with Crippen LogP contribution in [-0.2, 0) is 13.0 Å². The van der Waals surface area contributed by atoms with Crippen LogP contribution in [0.25, 0.3) is 12.2 Å². The van der Waals surface area contributed by atoms with Crippen LogP contribution in [0, 0.1) is 0 Å². The standard InChI is InChI=1S/C26H23F2N5O4/c1-32(20-9-5-18(6-10-20)4-2-3-14-33-15-13-29-31-33)25(34)21-17-35-24(30-21)12-8-19-7-11-22-23(16-19)37-26(27,28)36-22/h5-13,15-17H,2-4,14H2,1H3. The highest BCUT2D eigenvalue weighted by molar-refractivity contribution is 6.04. The fraction of sp³-hybridized carbons (Fsp3) is 0.231. The number of hydrogen-bond acceptors (Lipinski definition) is 7. The summed E-state index contributed by atoms with van der Waals surface area (Å²) in [6.45, 7) is 0.833. The van der Waals surface area contributed by atoms with E-state index in [1.165, 1.54) is 34.9 Å². The van der Waals surface area contributed by atoms with Crippen molar-refractivity contribution in [2.75, 3.05) is 11.9 Å². The number of carbonyl (C=O) groups excluding carboxylic acids is 1. The van der Waals surface area contributed by atoms with E-state index in [-0.39, 0.29) is 29.0 Å². The van der Waals surface area contributed by atoms with Crippen LogP contribution in [0.1, 0.15) is 40.3 Å². The van der Waals surface area contributed by atoms with Crippen molar-refractivity contribution >= 4 is 23.7 Å². The van der Waals surface area contributed by atoms with Gasteiger partial charge in [0.15, 0.2) is 17.2 Å². The summed E-state index contributed by atoms with van der Waals surface area (Å²) < 4.78 is 42.4. The van der Waals surface area contributed by atoms with Gasteiger partial charge in [0.1, 0.15) is 6.26 Å². The number of oxazole rings is 1. The Labute approximate surface area is 210 Å². The SMILES string of the molecule is CN(C(=O)c1coc(C=Cc2ccc3c(c2)OC(F)(F)O3)n1)c1ccc(CCCCn2ccnn2)cc1. The zero-order chi connectivity index (χ0) is 25.8. The smallest absolute Gasteiger partial charge is 0.444 e. The lowest BCUT2D eigenvalue weighted by Gasteiger charge is -2.16. The lowest BCUT2D eigenvalue weighted by Crippen LogP contribution is -2.26. The second-order valence-corrected chi connectivity index (χ2v) is 8.43. The summed E-state index contributed by atoms with van der Waals surface area (Å²) in [5.41, 5.74) is 2.63. The normalized spacial score (nSPS) is 13.8. The van der Waals surface area contributed by atoms with Crippen molar-refractivity contribution in [3.63, 3.8) is 0 Å². The molecule has 0 atom stereocenters. The maximum absolute atomic E-state index is 13.2. The Hall–Kier alpha value is -4.54. The number of fused-ring (bicyclic) bond motifs is 1. The van der Waals surface area contributed by atoms with E-state index in [1.807, 2.05) is 35.1 Å². The van der Waals surface area contributed by atoms with Gasteiger partial charge in [-0.15, -0.1) is 13.9 Å². The zero-order valence-electron chi connectivity index (χ0n) is 19.9. The second kappa shape index (κ2) is 10.2. The first-order chi connectivity index (χ1) is 17.9. The maximum Gasteiger partial charge on any atom is 0.586 e. The van der Waals surface area contributed by atoms with Gasteiger partial charge in [0, 0.05) is 31.6 Å². The molecule has 5 rings (SSSR count). The van der Waals surface area contributed by atoms with Gasteiger partial charge in [0.25, 0.3) is 5.91 Å². The third-order valence-electron chi connectivity index (χ3n) is 5.79. The van der Waals surface area contributed by atoms with E-state index in [1.54, 1.807) is 25.4 Å². The van der Waals surface area contributed by atoms with Crippen LogP contribution in [0.5, 0.6) is 11.5 Å². The van der Waals surface area contributed by atoms with E-state index >= 15 is 0 Å². The van der Waals surface area contributed by atoms with Crippen LogP contribution in [-0.4, -0.2) is 39.2 Å². The van der Waals surface area contributed by atoms with Crippen molar-refractivity contribution in [3.05, 3.63) is 83.8 Å². The summed E-state index contributed by atoms with van der Waals surface area (Å²) in [6.07, 6.45) is 7.20. The first kappa shape index (κ1) is 24.2. The first-order valence-corrected chi connectivity index (χ1v) is 11.6. The monoisotopic (exact) mass is 507 g/mol. The molecule has 9 nitrogen and oxygen atoms in total. The van der Waals surface area contributed by atoms with Gasteiger partial charge in [-0.25, -0.2) is 4.98 Å². The maximum atomic E-state index is 13.2. The van der Waals surface area contributed by atoms with Gasteiger partial charge in [-0.05, 0) is 60.7 Å². The predicted octanol–water partition coefficient (Wildman–Crippen LogP) is 5.06. The molecule has 37 heavy (non-hydrogen) atoms. The number of aromatic nitrogens is 4. The number of ether oxygens (including phenoxy) is 2. The topological polar surface area (TPSA) is 95.5 Å². The molecule has 0 saturated carbocycles. The van der Waals surface area contributed by atoms with Crippen molar-refractivity contribution in [2.24, 2.45) is 0 Å². The summed E-state index contributed by atoms with van der Waals surface area (Å²) >= 11 is 0. The van der Waals surface area contributed by atoms with E-state index in [9.17, 15) is 13.6 Å². The van der Waals surface area contributed by atoms with Gasteiger partial charge in [0.2, 0.25) is 5.89 Å². The molecule has 0 fully saturated rings. The molecule has 0 unspecified atom stereocenters. The van der Waals surface area contributed by atoms with Crippen molar-refractivity contribution in [1.29, 1.82) is 0 Å². The van der Waals surface area contributed by atoms with Crippen molar-refractivity contribution < 1.29 is 27.5 Å². The molecule has 1 aliphatic heterocycles. The minimum Gasteiger partial charge on any atom is -0.444 e. The highest BCUT2D eigenvalue weighted by atomic mass is 19.3. The molecule has 0 saturated heterocycles. The molecule has 2 aromatic heterocycles. The van der Waals surface area contributed by atoms with Crippen molar-refractivity contribution in [2.45, 2.75) is 32.1 Å². The van der Waals surface area contributed by atoms with E-state index in [0.29, 0.717) is 5.56 Å². The number of rotatable bonds is 9. The molecule has 1 amide bonds. The van der Waals surface area contributed by atoms with Gasteiger partial charge in [-0.1, -0.05) is 23.4 Å². The van der Waals surface area contributed by atoms with E-state index in [2.05, 4.69) is 24.8 Å². The average Bonchev–Trinajstić information content (AvgIpc) is 3.64. The van der Waals surface area contributed by atoms with Crippen molar-refractivity contribution in [3.8, 4) is 11.5 Å². The molecule has 3 heterocycles. The zero-order valence-corrected chi connectivity index (χ0v) is 19.9. The third kappa shape index (κ3) is 5.83. The molecule has 0 aliphatic carbocycles. The molecular formula is C26H23F2N5O4. The van der Waals surface area contributed by atoms with E-state index in [0.717, 1.165) is 31.5 Å². The number of unbranched alkanes of at least 4 members (excludes halogenated alkanes) is 1. The van der Waals surface area contributed by atoms with Gasteiger partial charge in [-0.3, -0.25) is 9.48 Å². The van der Waals surface area contributed by atoms with Gasteiger partial charge < -0.3 is 18.8 Å². The molecule has 1 aliphatic rings. The molecule has 0 N–H and O–H groups in total. The quantitative estimate of drug-likeness (QED) is 0.292. The number of carbonyl (C=O) groups is 1. The Morgan fingerprint density at radius 2 is 1.89 bits per heavy atom. The van der Waals surface area contributed by atoms with Gasteiger partial charge in [0.05, 0.1) is 6.20 Å². The Morgan fingerprint density at radius 3 is 2.68 bits per heavy atom. The van der Waals surface area contributed by atoms with Crippen LogP contribution in [0.4, 0.5) is 14.5 Å². The molecule has 4 aromatic rings. The fourth-order valence-electron chi connectivity index (χ4n) is 3.83. The first-order valence-electron chi connectivity index (χ1n) is 11.6. The molecule has 0 radical (unpaired) electrons. The molecule has 2 aromatic carbocycles. The van der Waals surface area contributed by atoms with Crippen LogP contribution in [0.3, 0.4) is 0 Å². The third-order valence-corrected chi connectivity index (χ3v) is 5.79. The number of amides is 1. The number of halogens is 2. The highest BCUT2D eigenvalue weighted by Gasteiger charge is 2.43. The summed E-state index contributed by atoms with van der Waals surface area (Å²) in [5.74, 6) is -0.226. The second-order valence-electron chi connectivity index (χ2n) is 8.43. The summed E-state index contributed by atoms with van der Waals surface area (Å²) in [7, 11) is 1.67. The summed E-state index contributed by atoms with van der Waals surface area (Å²) in [4.78, 5) is 18.6. The summed E-state index contributed by atoms with van der Waals surface area (Å²) in [6, 6.07) is 12.2. The summed E-state index contributed by atoms with van der Waals surface area (Å²) in [5, 5.41) is 7.75. The molecule has 11 heteroatoms. The number of aryl methyl sites for hydroxylation is 2. The Kier molecular flexibility index (Phi) is 6.67. The number of hydrogen-bond donors (Lipinski definition) is 0. The molecule has 0 bridgehead atoms. The lowest BCUT2D eigenvalue weighted by atomic mass is 10.1. The number of benzene rings is 2.